The van der Waals surface area contributed by atoms with Crippen molar-refractivity contribution in [2.75, 3.05) is 11.9 Å². The van der Waals surface area contributed by atoms with Gasteiger partial charge in [0.2, 0.25) is 5.91 Å². The third-order valence-corrected chi connectivity index (χ3v) is 5.48. The average Bonchev–Trinajstić information content (AvgIpc) is 2.86. The summed E-state index contributed by atoms with van der Waals surface area (Å²) in [5.74, 6) is -1.64. The molecule has 31 heavy (non-hydrogen) atoms. The van der Waals surface area contributed by atoms with Gasteiger partial charge < -0.3 is 10.6 Å². The number of rotatable bonds is 4. The lowest BCUT2D eigenvalue weighted by Gasteiger charge is -2.23. The largest absolute Gasteiger partial charge is 0.417 e. The molecule has 3 rings (SSSR count). The van der Waals surface area contributed by atoms with Crippen LogP contribution in [0.3, 0.4) is 0 Å². The van der Waals surface area contributed by atoms with Crippen LogP contribution in [-0.4, -0.2) is 29.3 Å². The van der Waals surface area contributed by atoms with Gasteiger partial charge in [0.15, 0.2) is 0 Å². The topological polar surface area (TPSA) is 78.5 Å². The van der Waals surface area contributed by atoms with Crippen LogP contribution in [0, 0.1) is 0 Å². The van der Waals surface area contributed by atoms with E-state index in [9.17, 15) is 27.6 Å². The molecule has 1 saturated heterocycles. The molecule has 0 aromatic heterocycles. The molecule has 1 fully saturated rings. The molecule has 0 saturated carbocycles. The van der Waals surface area contributed by atoms with Gasteiger partial charge >= 0.3 is 12.2 Å². The maximum Gasteiger partial charge on any atom is 0.417 e. The molecule has 1 heterocycles. The number of nitrogens with zero attached hydrogens (tertiary/aromatic N) is 1. The Bertz CT molecular complexity index is 1090. The standard InChI is InChI=1S/C19H13Cl3F3N3O3/c1-18(11-4-2-9(20)6-14(11)22)16(30)28(17(31)27-18)8-15(29)26-10-3-5-13(21)12(7-10)19(23,24)25/h2-7H,8H2,1H3,(H,26,29)(H,27,31). The van der Waals surface area contributed by atoms with Gasteiger partial charge in [-0.15, -0.1) is 0 Å². The number of hydrogen-bond acceptors (Lipinski definition) is 3. The second-order valence-corrected chi connectivity index (χ2v) is 8.06. The first-order chi connectivity index (χ1) is 14.3. The monoisotopic (exact) mass is 493 g/mol. The highest BCUT2D eigenvalue weighted by Gasteiger charge is 2.50. The summed E-state index contributed by atoms with van der Waals surface area (Å²) < 4.78 is 38.9. The molecule has 0 spiro atoms. The van der Waals surface area contributed by atoms with Crippen molar-refractivity contribution in [1.82, 2.24) is 10.2 Å². The van der Waals surface area contributed by atoms with Crippen LogP contribution in [-0.2, 0) is 21.3 Å². The van der Waals surface area contributed by atoms with E-state index in [1.165, 1.54) is 31.2 Å². The van der Waals surface area contributed by atoms with Crippen molar-refractivity contribution in [1.29, 1.82) is 0 Å². The van der Waals surface area contributed by atoms with E-state index in [4.69, 9.17) is 34.8 Å². The van der Waals surface area contributed by atoms with E-state index in [-0.39, 0.29) is 16.3 Å². The van der Waals surface area contributed by atoms with Gasteiger partial charge in [-0.2, -0.15) is 13.2 Å². The highest BCUT2D eigenvalue weighted by Crippen LogP contribution is 2.37. The summed E-state index contributed by atoms with van der Waals surface area (Å²) in [6, 6.07) is 6.30. The number of urea groups is 1. The molecule has 2 N–H and O–H groups in total. The zero-order valence-corrected chi connectivity index (χ0v) is 17.9. The lowest BCUT2D eigenvalue weighted by atomic mass is 9.92. The van der Waals surface area contributed by atoms with Crippen LogP contribution in [0.4, 0.5) is 23.7 Å². The molecule has 1 atom stereocenters. The van der Waals surface area contributed by atoms with Gasteiger partial charge in [0.1, 0.15) is 12.1 Å². The minimum absolute atomic E-state index is 0.135. The number of halogens is 6. The molecule has 2 aromatic rings. The fourth-order valence-corrected chi connectivity index (χ4v) is 3.90. The Labute approximate surface area is 189 Å². The molecule has 0 bridgehead atoms. The van der Waals surface area contributed by atoms with Gasteiger partial charge in [0.25, 0.3) is 5.91 Å². The molecule has 0 aliphatic carbocycles. The highest BCUT2D eigenvalue weighted by atomic mass is 35.5. The zero-order chi connectivity index (χ0) is 23.1. The molecular formula is C19H13Cl3F3N3O3. The number of hydrogen-bond donors (Lipinski definition) is 2. The summed E-state index contributed by atoms with van der Waals surface area (Å²) in [7, 11) is 0. The quantitative estimate of drug-likeness (QED) is 0.583. The van der Waals surface area contributed by atoms with Crippen LogP contribution in [0.2, 0.25) is 15.1 Å². The normalized spacial score (nSPS) is 18.9. The van der Waals surface area contributed by atoms with Crippen LogP contribution in [0.5, 0.6) is 0 Å². The maximum absolute atomic E-state index is 13.0. The van der Waals surface area contributed by atoms with E-state index in [2.05, 4.69) is 10.6 Å². The summed E-state index contributed by atoms with van der Waals surface area (Å²) >= 11 is 17.6. The van der Waals surface area contributed by atoms with Crippen LogP contribution in [0.25, 0.3) is 0 Å². The van der Waals surface area contributed by atoms with Gasteiger partial charge in [0.05, 0.1) is 10.6 Å². The van der Waals surface area contributed by atoms with Gasteiger partial charge in [-0.1, -0.05) is 40.9 Å². The lowest BCUT2D eigenvalue weighted by molar-refractivity contribution is -0.137. The lowest BCUT2D eigenvalue weighted by Crippen LogP contribution is -2.42. The minimum atomic E-state index is -4.72. The predicted octanol–water partition coefficient (Wildman–Crippen LogP) is 5.07. The van der Waals surface area contributed by atoms with Crippen molar-refractivity contribution in [2.24, 2.45) is 0 Å². The fraction of sp³-hybridized carbons (Fsp3) is 0.211. The van der Waals surface area contributed by atoms with Crippen LogP contribution >= 0.6 is 34.8 Å². The Balaban J connectivity index is 1.78. The molecule has 6 nitrogen and oxygen atoms in total. The van der Waals surface area contributed by atoms with E-state index >= 15 is 0 Å². The van der Waals surface area contributed by atoms with E-state index in [1.54, 1.807) is 0 Å². The summed E-state index contributed by atoms with van der Waals surface area (Å²) in [5, 5.41) is 4.63. The summed E-state index contributed by atoms with van der Waals surface area (Å²) in [6.45, 7) is 0.685. The summed E-state index contributed by atoms with van der Waals surface area (Å²) in [5.41, 5.74) is -2.61. The number of benzene rings is 2. The molecule has 12 heteroatoms. The Morgan fingerprint density at radius 1 is 1.10 bits per heavy atom. The third-order valence-electron chi connectivity index (χ3n) is 4.60. The number of anilines is 1. The van der Waals surface area contributed by atoms with Gasteiger partial charge in [0, 0.05) is 21.3 Å². The van der Waals surface area contributed by atoms with Gasteiger partial charge in [-0.05, 0) is 37.3 Å². The molecule has 1 unspecified atom stereocenters. The Kier molecular flexibility index (Phi) is 6.14. The third kappa shape index (κ3) is 4.58. The molecular weight excluding hydrogens is 482 g/mol. The number of carbonyl (C=O) groups is 3. The summed E-state index contributed by atoms with van der Waals surface area (Å²) in [6.07, 6.45) is -4.72. The van der Waals surface area contributed by atoms with Gasteiger partial charge in [-0.25, -0.2) is 4.79 Å². The van der Waals surface area contributed by atoms with E-state index in [0.717, 1.165) is 6.07 Å². The van der Waals surface area contributed by atoms with Crippen molar-refractivity contribution < 1.29 is 27.6 Å². The van der Waals surface area contributed by atoms with Crippen molar-refractivity contribution in [3.05, 3.63) is 62.6 Å². The number of alkyl halides is 3. The van der Waals surface area contributed by atoms with Crippen molar-refractivity contribution in [3.63, 3.8) is 0 Å². The zero-order valence-electron chi connectivity index (χ0n) is 15.6. The Morgan fingerprint density at radius 3 is 2.39 bits per heavy atom. The number of carbonyl (C=O) groups excluding carboxylic acids is 3. The molecule has 4 amide bonds. The summed E-state index contributed by atoms with van der Waals surface area (Å²) in [4.78, 5) is 38.2. The number of imide groups is 1. The fourth-order valence-electron chi connectivity index (χ4n) is 3.08. The molecule has 2 aromatic carbocycles. The average molecular weight is 495 g/mol. The van der Waals surface area contributed by atoms with Crippen molar-refractivity contribution in [2.45, 2.75) is 18.6 Å². The Hall–Kier alpha value is -2.49. The number of amides is 4. The van der Waals surface area contributed by atoms with E-state index in [1.807, 2.05) is 0 Å². The second kappa shape index (κ2) is 8.22. The van der Waals surface area contributed by atoms with E-state index < -0.39 is 46.7 Å². The van der Waals surface area contributed by atoms with E-state index in [0.29, 0.717) is 16.0 Å². The maximum atomic E-state index is 13.0. The van der Waals surface area contributed by atoms with Crippen LogP contribution < -0.4 is 10.6 Å². The Morgan fingerprint density at radius 2 is 1.77 bits per heavy atom. The van der Waals surface area contributed by atoms with Crippen molar-refractivity contribution in [3.8, 4) is 0 Å². The second-order valence-electron chi connectivity index (χ2n) is 6.81. The van der Waals surface area contributed by atoms with Gasteiger partial charge in [-0.3, -0.25) is 14.5 Å². The van der Waals surface area contributed by atoms with Crippen LogP contribution in [0.1, 0.15) is 18.1 Å². The van der Waals surface area contributed by atoms with Crippen LogP contribution in [0.15, 0.2) is 36.4 Å². The molecule has 164 valence electrons. The highest BCUT2D eigenvalue weighted by molar-refractivity contribution is 6.35. The smallest absolute Gasteiger partial charge is 0.325 e. The van der Waals surface area contributed by atoms with Crippen molar-refractivity contribution >= 4 is 58.3 Å². The first kappa shape index (κ1) is 23.2. The SMILES string of the molecule is CC1(c2ccc(Cl)cc2Cl)NC(=O)N(CC(=O)Nc2ccc(Cl)c(C(F)(F)F)c2)C1=O. The first-order valence-corrected chi connectivity index (χ1v) is 9.72. The molecule has 1 aliphatic heterocycles. The molecule has 1 aliphatic rings. The number of nitrogens with one attached hydrogen (secondary N) is 2. The first-order valence-electron chi connectivity index (χ1n) is 8.59. The minimum Gasteiger partial charge on any atom is -0.325 e. The molecule has 0 radical (unpaired) electrons. The predicted molar refractivity (Wildman–Crippen MR) is 109 cm³/mol.